The summed E-state index contributed by atoms with van der Waals surface area (Å²) in [7, 11) is 0. The smallest absolute Gasteiger partial charge is 0.0734 e. The van der Waals surface area contributed by atoms with E-state index >= 15 is 0 Å². The Morgan fingerprint density at radius 2 is 0.763 bits per heavy atom. The van der Waals surface area contributed by atoms with Crippen LogP contribution in [0.5, 0.6) is 0 Å². The lowest BCUT2D eigenvalue weighted by molar-refractivity contribution is 0.769. The third kappa shape index (κ3) is 5.64. The Morgan fingerprint density at radius 1 is 0.288 bits per heavy atom. The van der Waals surface area contributed by atoms with Crippen molar-refractivity contribution >= 4 is 55.7 Å². The van der Waals surface area contributed by atoms with E-state index in [4.69, 9.17) is 0 Å². The maximum absolute atomic E-state index is 2.50. The van der Waals surface area contributed by atoms with Gasteiger partial charge in [0, 0.05) is 34.0 Å². The monoisotopic (exact) mass is 752 g/mol. The fourth-order valence-electron chi connectivity index (χ4n) is 9.59. The molecule has 0 bridgehead atoms. The molecule has 1 aliphatic rings. The molecular weight excluding hydrogens is 713 g/mol. The van der Waals surface area contributed by atoms with Gasteiger partial charge in [-0.25, -0.2) is 0 Å². The summed E-state index contributed by atoms with van der Waals surface area (Å²) in [5.41, 5.74) is 13.5. The highest BCUT2D eigenvalue weighted by molar-refractivity contribution is 6.10. The van der Waals surface area contributed by atoms with Crippen LogP contribution in [-0.2, 0) is 5.41 Å². The van der Waals surface area contributed by atoms with Gasteiger partial charge in [-0.1, -0.05) is 170 Å². The zero-order chi connectivity index (χ0) is 39.2. The van der Waals surface area contributed by atoms with E-state index in [-0.39, 0.29) is 0 Å². The van der Waals surface area contributed by atoms with Gasteiger partial charge in [0.05, 0.1) is 11.1 Å². The summed E-state index contributed by atoms with van der Waals surface area (Å²) in [5, 5.41) is 5.02. The molecule has 2 nitrogen and oxygen atoms in total. The largest absolute Gasteiger partial charge is 0.310 e. The van der Waals surface area contributed by atoms with Crippen molar-refractivity contribution < 1.29 is 0 Å². The molecule has 10 aromatic rings. The van der Waals surface area contributed by atoms with Crippen LogP contribution in [0.25, 0.3) is 32.7 Å². The van der Waals surface area contributed by atoms with Gasteiger partial charge in [0.1, 0.15) is 0 Å². The molecule has 1 aliphatic carbocycles. The summed E-state index contributed by atoms with van der Waals surface area (Å²) in [6.07, 6.45) is 0. The molecule has 0 N–H and O–H groups in total. The van der Waals surface area contributed by atoms with Crippen molar-refractivity contribution in [2.24, 2.45) is 0 Å². The molecule has 11 rings (SSSR count). The lowest BCUT2D eigenvalue weighted by atomic mass is 9.67. The van der Waals surface area contributed by atoms with Crippen molar-refractivity contribution in [2.45, 2.75) is 5.41 Å². The van der Waals surface area contributed by atoms with E-state index < -0.39 is 5.41 Å². The van der Waals surface area contributed by atoms with Gasteiger partial charge in [-0.3, -0.25) is 0 Å². The van der Waals surface area contributed by atoms with Crippen LogP contribution in [0.1, 0.15) is 22.3 Å². The van der Waals surface area contributed by atoms with Gasteiger partial charge < -0.3 is 9.80 Å². The fraction of sp³-hybridized carbons (Fsp3) is 0.0175. The molecule has 0 atom stereocenters. The third-order valence-corrected chi connectivity index (χ3v) is 12.0. The molecule has 10 aromatic carbocycles. The summed E-state index contributed by atoms with van der Waals surface area (Å²) in [4.78, 5) is 4.81. The number of rotatable bonds is 8. The van der Waals surface area contributed by atoms with Gasteiger partial charge >= 0.3 is 0 Å². The first-order valence-corrected chi connectivity index (χ1v) is 20.4. The topological polar surface area (TPSA) is 6.48 Å². The Kier molecular flexibility index (Phi) is 8.41. The van der Waals surface area contributed by atoms with Crippen molar-refractivity contribution in [1.82, 2.24) is 0 Å². The summed E-state index contributed by atoms with van der Waals surface area (Å²) in [6, 6.07) is 88.6. The van der Waals surface area contributed by atoms with Gasteiger partial charge in [0.2, 0.25) is 0 Å². The van der Waals surface area contributed by atoms with Gasteiger partial charge in [-0.15, -0.1) is 0 Å². The molecule has 0 fully saturated rings. The minimum Gasteiger partial charge on any atom is -0.310 e. The van der Waals surface area contributed by atoms with E-state index in [1.165, 1.54) is 54.9 Å². The van der Waals surface area contributed by atoms with Gasteiger partial charge in [-0.2, -0.15) is 0 Å². The molecule has 0 saturated carbocycles. The Hall–Kier alpha value is -7.68. The summed E-state index contributed by atoms with van der Waals surface area (Å²) in [6.45, 7) is 0. The maximum atomic E-state index is 2.50. The molecule has 0 aromatic heterocycles. The third-order valence-electron chi connectivity index (χ3n) is 12.0. The predicted molar refractivity (Wildman–Crippen MR) is 248 cm³/mol. The standard InChI is InChI=1S/C57H40N2/c1-6-21-43(22-7-1)57(44-23-8-2-9-24-44)54-40-52-42(37-36-41-20-16-17-33-50(41)52)38-53(54)51-34-19-35-55(56(51)57)59(47-29-14-5-15-30-47)49-32-18-31-48(39-49)58(45-25-10-3-11-26-45)46-27-12-4-13-28-46/h1-40H. The highest BCUT2D eigenvalue weighted by Crippen LogP contribution is 2.61. The van der Waals surface area contributed by atoms with Crippen LogP contribution in [0, 0.1) is 0 Å². The maximum Gasteiger partial charge on any atom is 0.0734 e. The van der Waals surface area contributed by atoms with Crippen molar-refractivity contribution in [2.75, 3.05) is 9.80 Å². The van der Waals surface area contributed by atoms with Gasteiger partial charge in [0.15, 0.2) is 0 Å². The fourth-order valence-corrected chi connectivity index (χ4v) is 9.59. The number of para-hydroxylation sites is 3. The molecular formula is C57H40N2. The quantitative estimate of drug-likeness (QED) is 0.143. The van der Waals surface area contributed by atoms with Crippen molar-refractivity contribution in [3.05, 3.63) is 265 Å². The van der Waals surface area contributed by atoms with Crippen LogP contribution >= 0.6 is 0 Å². The summed E-state index contributed by atoms with van der Waals surface area (Å²) < 4.78 is 0. The number of hydrogen-bond acceptors (Lipinski definition) is 2. The normalized spacial score (nSPS) is 12.5. The number of hydrogen-bond donors (Lipinski definition) is 0. The number of fused-ring (bicyclic) bond motifs is 6. The molecule has 278 valence electrons. The first-order chi connectivity index (χ1) is 29.3. The van der Waals surface area contributed by atoms with E-state index in [2.05, 4.69) is 252 Å². The zero-order valence-corrected chi connectivity index (χ0v) is 32.5. The van der Waals surface area contributed by atoms with Gasteiger partial charge in [0.25, 0.3) is 0 Å². The second-order valence-corrected chi connectivity index (χ2v) is 15.3. The van der Waals surface area contributed by atoms with Crippen LogP contribution in [0.3, 0.4) is 0 Å². The van der Waals surface area contributed by atoms with Crippen molar-refractivity contribution in [1.29, 1.82) is 0 Å². The van der Waals surface area contributed by atoms with Crippen LogP contribution < -0.4 is 9.80 Å². The lowest BCUT2D eigenvalue weighted by Gasteiger charge is -2.38. The SMILES string of the molecule is c1ccc(N(c2ccccc2)c2cccc(N(c3ccccc3)c3cccc4c3C(c3ccccc3)(c3ccccc3)c3cc5c(ccc6ccccc65)cc3-4)c2)cc1. The summed E-state index contributed by atoms with van der Waals surface area (Å²) in [5.74, 6) is 0. The average molecular weight is 753 g/mol. The van der Waals surface area contributed by atoms with Crippen LogP contribution in [0.15, 0.2) is 243 Å². The molecule has 2 heteroatoms. The molecule has 0 saturated heterocycles. The Balaban J connectivity index is 1.23. The van der Waals surface area contributed by atoms with Crippen LogP contribution in [-0.4, -0.2) is 0 Å². The predicted octanol–water partition coefficient (Wildman–Crippen LogP) is 15.3. The van der Waals surface area contributed by atoms with E-state index in [0.29, 0.717) is 0 Å². The van der Waals surface area contributed by atoms with E-state index in [1.54, 1.807) is 0 Å². The molecule has 0 radical (unpaired) electrons. The number of benzene rings is 10. The first-order valence-electron chi connectivity index (χ1n) is 20.4. The second-order valence-electron chi connectivity index (χ2n) is 15.3. The van der Waals surface area contributed by atoms with Crippen LogP contribution in [0.2, 0.25) is 0 Å². The number of nitrogens with zero attached hydrogens (tertiary/aromatic N) is 2. The minimum absolute atomic E-state index is 0.639. The molecule has 0 aliphatic heterocycles. The molecule has 59 heavy (non-hydrogen) atoms. The van der Waals surface area contributed by atoms with Crippen molar-refractivity contribution in [3.8, 4) is 11.1 Å². The highest BCUT2D eigenvalue weighted by atomic mass is 15.2. The Morgan fingerprint density at radius 3 is 1.37 bits per heavy atom. The Bertz CT molecular complexity index is 3010. The minimum atomic E-state index is -0.639. The van der Waals surface area contributed by atoms with E-state index in [0.717, 1.165) is 34.1 Å². The molecule has 0 heterocycles. The first kappa shape index (κ1) is 34.6. The Labute approximate surface area is 345 Å². The molecule has 0 unspecified atom stereocenters. The summed E-state index contributed by atoms with van der Waals surface area (Å²) >= 11 is 0. The molecule has 0 amide bonds. The highest BCUT2D eigenvalue weighted by Gasteiger charge is 2.48. The lowest BCUT2D eigenvalue weighted by Crippen LogP contribution is -2.30. The average Bonchev–Trinajstić information content (AvgIpc) is 3.61. The second kappa shape index (κ2) is 14.4. The van der Waals surface area contributed by atoms with Crippen LogP contribution in [0.4, 0.5) is 34.1 Å². The molecule has 0 spiro atoms. The van der Waals surface area contributed by atoms with Gasteiger partial charge in [-0.05, 0) is 122 Å². The van der Waals surface area contributed by atoms with E-state index in [9.17, 15) is 0 Å². The van der Waals surface area contributed by atoms with E-state index in [1.807, 2.05) is 0 Å². The number of anilines is 6. The van der Waals surface area contributed by atoms with Crippen molar-refractivity contribution in [3.63, 3.8) is 0 Å². The zero-order valence-electron chi connectivity index (χ0n) is 32.5.